The monoisotopic (exact) mass is 467 g/mol. The number of amides is 1. The van der Waals surface area contributed by atoms with Gasteiger partial charge in [-0.1, -0.05) is 30.3 Å². The van der Waals surface area contributed by atoms with E-state index in [2.05, 4.69) is 15.0 Å². The molecule has 0 saturated heterocycles. The summed E-state index contributed by atoms with van der Waals surface area (Å²) in [6.07, 6.45) is 4.73. The molecule has 4 aromatic rings. The van der Waals surface area contributed by atoms with Crippen molar-refractivity contribution in [3.63, 3.8) is 0 Å². The second kappa shape index (κ2) is 9.25. The van der Waals surface area contributed by atoms with Gasteiger partial charge in [-0.2, -0.15) is 0 Å². The maximum absolute atomic E-state index is 12.4. The van der Waals surface area contributed by atoms with Crippen LogP contribution in [0, 0.1) is 0 Å². The van der Waals surface area contributed by atoms with Crippen LogP contribution in [0.3, 0.4) is 0 Å². The number of hydrogen-bond donors (Lipinski definition) is 2. The van der Waals surface area contributed by atoms with E-state index in [1.807, 2.05) is 42.5 Å². The number of benzene rings is 2. The quantitative estimate of drug-likeness (QED) is 0.360. The van der Waals surface area contributed by atoms with Crippen molar-refractivity contribution in [1.29, 1.82) is 0 Å². The summed E-state index contributed by atoms with van der Waals surface area (Å²) < 4.78 is 27.1. The molecular formula is C22H17N3O3S3. The number of aromatic nitrogens is 1. The molecule has 2 aromatic carbocycles. The van der Waals surface area contributed by atoms with Gasteiger partial charge in [-0.15, -0.1) is 22.7 Å². The van der Waals surface area contributed by atoms with Crippen LogP contribution in [-0.2, 0) is 14.8 Å². The molecule has 0 bridgehead atoms. The molecule has 0 aliphatic heterocycles. The van der Waals surface area contributed by atoms with Crippen LogP contribution in [0.5, 0.6) is 0 Å². The summed E-state index contributed by atoms with van der Waals surface area (Å²) in [4.78, 5) is 18.3. The number of nitrogens with zero attached hydrogens (tertiary/aromatic N) is 1. The van der Waals surface area contributed by atoms with Crippen LogP contribution >= 0.6 is 22.7 Å². The Balaban J connectivity index is 1.37. The summed E-state index contributed by atoms with van der Waals surface area (Å²) in [6.45, 7) is 0. The highest BCUT2D eigenvalue weighted by Crippen LogP contribution is 2.28. The number of nitrogens with one attached hydrogen (secondary N) is 2. The Hall–Kier alpha value is -3.27. The maximum atomic E-state index is 12.4. The van der Waals surface area contributed by atoms with Gasteiger partial charge in [-0.25, -0.2) is 13.4 Å². The lowest BCUT2D eigenvalue weighted by molar-refractivity contribution is -0.111. The second-order valence-corrected chi connectivity index (χ2v) is 10.1. The van der Waals surface area contributed by atoms with E-state index in [0.717, 1.165) is 15.3 Å². The summed E-state index contributed by atoms with van der Waals surface area (Å²) >= 11 is 2.79. The smallest absolute Gasteiger partial charge is 0.263 e. The van der Waals surface area contributed by atoms with E-state index >= 15 is 0 Å². The Bertz CT molecular complexity index is 1300. The van der Waals surface area contributed by atoms with Crippen LogP contribution in [0.4, 0.5) is 10.8 Å². The zero-order chi connectivity index (χ0) is 21.7. The fraction of sp³-hybridized carbons (Fsp3) is 0. The number of hydrogen-bond acceptors (Lipinski definition) is 6. The number of anilines is 2. The molecule has 6 nitrogen and oxygen atoms in total. The highest BCUT2D eigenvalue weighted by Gasteiger charge is 2.15. The molecule has 156 valence electrons. The first-order valence-corrected chi connectivity index (χ1v) is 12.3. The summed E-state index contributed by atoms with van der Waals surface area (Å²) in [7, 11) is -3.72. The minimum Gasteiger partial charge on any atom is -0.323 e. The van der Waals surface area contributed by atoms with Gasteiger partial charge in [0.1, 0.15) is 0 Å². The van der Waals surface area contributed by atoms with Gasteiger partial charge in [0.05, 0.1) is 4.90 Å². The Kier molecular flexibility index (Phi) is 6.26. The minimum atomic E-state index is -3.72. The van der Waals surface area contributed by atoms with Crippen molar-refractivity contribution in [2.24, 2.45) is 0 Å². The van der Waals surface area contributed by atoms with Crippen LogP contribution in [0.1, 0.15) is 4.88 Å². The van der Waals surface area contributed by atoms with Crippen molar-refractivity contribution >= 4 is 55.5 Å². The average Bonchev–Trinajstić information content (AvgIpc) is 3.45. The average molecular weight is 468 g/mol. The molecule has 4 rings (SSSR count). The van der Waals surface area contributed by atoms with E-state index in [1.54, 1.807) is 34.9 Å². The summed E-state index contributed by atoms with van der Waals surface area (Å²) in [5.41, 5.74) is 1.63. The van der Waals surface area contributed by atoms with Gasteiger partial charge >= 0.3 is 0 Å². The van der Waals surface area contributed by atoms with E-state index in [0.29, 0.717) is 10.8 Å². The normalized spacial score (nSPS) is 11.5. The molecule has 2 aromatic heterocycles. The molecule has 0 radical (unpaired) electrons. The maximum Gasteiger partial charge on any atom is 0.263 e. The number of carbonyl (C=O) groups is 1. The van der Waals surface area contributed by atoms with E-state index < -0.39 is 10.0 Å². The molecule has 0 saturated carbocycles. The summed E-state index contributed by atoms with van der Waals surface area (Å²) in [6, 6.07) is 20.0. The lowest BCUT2D eigenvalue weighted by Gasteiger charge is -2.07. The van der Waals surface area contributed by atoms with Crippen molar-refractivity contribution in [3.8, 4) is 10.4 Å². The first-order chi connectivity index (χ1) is 15.0. The van der Waals surface area contributed by atoms with Crippen molar-refractivity contribution in [2.45, 2.75) is 4.90 Å². The van der Waals surface area contributed by atoms with E-state index in [-0.39, 0.29) is 10.8 Å². The summed E-state index contributed by atoms with van der Waals surface area (Å²) in [5, 5.41) is 4.71. The molecule has 2 heterocycles. The van der Waals surface area contributed by atoms with Crippen LogP contribution < -0.4 is 10.0 Å². The predicted molar refractivity (Wildman–Crippen MR) is 127 cm³/mol. The summed E-state index contributed by atoms with van der Waals surface area (Å²) in [5.74, 6) is -0.300. The van der Waals surface area contributed by atoms with Gasteiger partial charge in [0.15, 0.2) is 5.13 Å². The SMILES string of the molecule is O=C(/C=C/c1ccc(-c2ccccc2)s1)Nc1ccc(S(=O)(=O)Nc2nccs2)cc1. The number of thiazole rings is 1. The third kappa shape index (κ3) is 5.46. The molecule has 9 heteroatoms. The van der Waals surface area contributed by atoms with E-state index in [4.69, 9.17) is 0 Å². The van der Waals surface area contributed by atoms with E-state index in [9.17, 15) is 13.2 Å². The topological polar surface area (TPSA) is 88.2 Å². The van der Waals surface area contributed by atoms with Crippen LogP contribution in [0.25, 0.3) is 16.5 Å². The lowest BCUT2D eigenvalue weighted by atomic mass is 10.2. The van der Waals surface area contributed by atoms with Gasteiger partial charge in [-0.05, 0) is 48.0 Å². The fourth-order valence-electron chi connectivity index (χ4n) is 2.71. The number of carbonyl (C=O) groups excluding carboxylic acids is 1. The number of sulfonamides is 1. The Morgan fingerprint density at radius 2 is 1.74 bits per heavy atom. The third-order valence-corrected chi connectivity index (χ3v) is 7.44. The third-order valence-electron chi connectivity index (χ3n) is 4.17. The Morgan fingerprint density at radius 3 is 2.45 bits per heavy atom. The molecule has 0 aliphatic carbocycles. The van der Waals surface area contributed by atoms with Gasteiger partial charge in [0.25, 0.3) is 10.0 Å². The zero-order valence-corrected chi connectivity index (χ0v) is 18.5. The second-order valence-electron chi connectivity index (χ2n) is 6.36. The van der Waals surface area contributed by atoms with Crippen molar-refractivity contribution in [1.82, 2.24) is 4.98 Å². The van der Waals surface area contributed by atoms with Crippen molar-refractivity contribution in [2.75, 3.05) is 10.0 Å². The minimum absolute atomic E-state index is 0.0864. The van der Waals surface area contributed by atoms with Crippen LogP contribution in [0.15, 0.2) is 89.3 Å². The lowest BCUT2D eigenvalue weighted by Crippen LogP contribution is -2.13. The molecule has 0 fully saturated rings. The Morgan fingerprint density at radius 1 is 0.968 bits per heavy atom. The molecule has 0 unspecified atom stereocenters. The predicted octanol–water partition coefficient (Wildman–Crippen LogP) is 5.32. The first-order valence-electron chi connectivity index (χ1n) is 9.16. The standard InChI is InChI=1S/C22H17N3O3S3/c26-21(13-9-18-8-12-20(30-18)16-4-2-1-3-5-16)24-17-6-10-19(11-7-17)31(27,28)25-22-23-14-15-29-22/h1-15H,(H,23,25)(H,24,26)/b13-9+. The largest absolute Gasteiger partial charge is 0.323 e. The molecule has 0 spiro atoms. The zero-order valence-electron chi connectivity index (χ0n) is 16.1. The molecule has 31 heavy (non-hydrogen) atoms. The molecule has 2 N–H and O–H groups in total. The molecule has 0 atom stereocenters. The number of thiophene rings is 1. The molecular weight excluding hydrogens is 450 g/mol. The fourth-order valence-corrected chi connectivity index (χ4v) is 5.41. The van der Waals surface area contributed by atoms with E-state index in [1.165, 1.54) is 35.7 Å². The number of rotatable bonds is 7. The molecule has 0 aliphatic rings. The van der Waals surface area contributed by atoms with Crippen LogP contribution in [0.2, 0.25) is 0 Å². The first kappa shape index (κ1) is 21.0. The van der Waals surface area contributed by atoms with Crippen molar-refractivity contribution < 1.29 is 13.2 Å². The van der Waals surface area contributed by atoms with Crippen molar-refractivity contribution in [3.05, 3.63) is 89.3 Å². The highest BCUT2D eigenvalue weighted by atomic mass is 32.2. The highest BCUT2D eigenvalue weighted by molar-refractivity contribution is 7.93. The van der Waals surface area contributed by atoms with Gasteiger partial charge in [0.2, 0.25) is 5.91 Å². The Labute approximate surface area is 188 Å². The van der Waals surface area contributed by atoms with Gasteiger partial charge in [0, 0.05) is 33.1 Å². The van der Waals surface area contributed by atoms with Gasteiger partial charge < -0.3 is 5.32 Å². The molecule has 1 amide bonds. The van der Waals surface area contributed by atoms with Crippen LogP contribution in [-0.4, -0.2) is 19.3 Å². The van der Waals surface area contributed by atoms with Gasteiger partial charge in [-0.3, -0.25) is 9.52 Å².